The molecule has 138 valence electrons. The van der Waals surface area contributed by atoms with Gasteiger partial charge in [-0.1, -0.05) is 19.9 Å². The summed E-state index contributed by atoms with van der Waals surface area (Å²) in [7, 11) is 0. The number of carbonyl (C=O) groups is 3. The van der Waals surface area contributed by atoms with Crippen LogP contribution in [0, 0.1) is 5.92 Å². The zero-order valence-electron chi connectivity index (χ0n) is 14.5. The molecule has 26 heavy (non-hydrogen) atoms. The lowest BCUT2D eigenvalue weighted by molar-refractivity contribution is -0.120. The van der Waals surface area contributed by atoms with Crippen molar-refractivity contribution in [2.24, 2.45) is 11.7 Å². The molecule has 0 aliphatic carbocycles. The van der Waals surface area contributed by atoms with Gasteiger partial charge in [0.2, 0.25) is 5.91 Å². The van der Waals surface area contributed by atoms with Crippen molar-refractivity contribution in [2.75, 3.05) is 11.9 Å². The second kappa shape index (κ2) is 9.00. The molecule has 1 unspecified atom stereocenters. The van der Waals surface area contributed by atoms with Gasteiger partial charge in [0.15, 0.2) is 6.61 Å². The van der Waals surface area contributed by atoms with Gasteiger partial charge in [0.05, 0.1) is 4.88 Å². The average Bonchev–Trinajstić information content (AvgIpc) is 3.13. The Morgan fingerprint density at radius 2 is 1.85 bits per heavy atom. The Balaban J connectivity index is 1.98. The first-order valence-electron chi connectivity index (χ1n) is 8.03. The number of hydrogen-bond acceptors (Lipinski definition) is 5. The van der Waals surface area contributed by atoms with Crippen molar-refractivity contribution in [1.29, 1.82) is 0 Å². The van der Waals surface area contributed by atoms with E-state index < -0.39 is 11.9 Å². The lowest BCUT2D eigenvalue weighted by atomic mass is 10.0. The summed E-state index contributed by atoms with van der Waals surface area (Å²) in [4.78, 5) is 36.0. The van der Waals surface area contributed by atoms with Crippen molar-refractivity contribution < 1.29 is 19.1 Å². The number of amides is 3. The van der Waals surface area contributed by atoms with Crippen molar-refractivity contribution in [3.8, 4) is 5.75 Å². The van der Waals surface area contributed by atoms with E-state index in [1.807, 2.05) is 13.8 Å². The molecule has 2 rings (SSSR count). The van der Waals surface area contributed by atoms with Gasteiger partial charge in [-0.2, -0.15) is 0 Å². The summed E-state index contributed by atoms with van der Waals surface area (Å²) in [5, 5.41) is 7.34. The number of nitrogens with one attached hydrogen (secondary N) is 2. The maximum absolute atomic E-state index is 12.5. The van der Waals surface area contributed by atoms with Gasteiger partial charge >= 0.3 is 0 Å². The molecule has 0 fully saturated rings. The highest BCUT2D eigenvalue weighted by atomic mass is 32.1. The van der Waals surface area contributed by atoms with E-state index in [-0.39, 0.29) is 24.3 Å². The molecule has 2 aromatic rings. The lowest BCUT2D eigenvalue weighted by Gasteiger charge is -2.21. The third kappa shape index (κ3) is 5.59. The van der Waals surface area contributed by atoms with Gasteiger partial charge in [0.1, 0.15) is 11.8 Å². The minimum Gasteiger partial charge on any atom is -0.484 e. The Hall–Kier alpha value is -2.87. The van der Waals surface area contributed by atoms with Crippen LogP contribution in [0.3, 0.4) is 0 Å². The first-order chi connectivity index (χ1) is 12.4. The maximum atomic E-state index is 12.5. The van der Waals surface area contributed by atoms with Crippen LogP contribution in [0.4, 0.5) is 5.69 Å². The van der Waals surface area contributed by atoms with Crippen LogP contribution in [0.25, 0.3) is 0 Å². The molecule has 0 aliphatic heterocycles. The smallest absolute Gasteiger partial charge is 0.262 e. The summed E-state index contributed by atoms with van der Waals surface area (Å²) in [6.07, 6.45) is 0. The molecule has 0 bridgehead atoms. The number of ether oxygens (including phenoxy) is 1. The first-order valence-corrected chi connectivity index (χ1v) is 8.91. The van der Waals surface area contributed by atoms with Crippen LogP contribution in [0.15, 0.2) is 41.8 Å². The summed E-state index contributed by atoms with van der Waals surface area (Å²) in [5.41, 5.74) is 5.57. The van der Waals surface area contributed by atoms with Crippen molar-refractivity contribution in [3.05, 3.63) is 46.7 Å². The minimum atomic E-state index is -0.671. The van der Waals surface area contributed by atoms with Crippen molar-refractivity contribution in [1.82, 2.24) is 5.32 Å². The zero-order chi connectivity index (χ0) is 19.1. The molecule has 3 amide bonds. The van der Waals surface area contributed by atoms with Gasteiger partial charge in [-0.25, -0.2) is 0 Å². The van der Waals surface area contributed by atoms with Crippen LogP contribution >= 0.6 is 11.3 Å². The maximum Gasteiger partial charge on any atom is 0.262 e. The van der Waals surface area contributed by atoms with Gasteiger partial charge in [0, 0.05) is 5.69 Å². The van der Waals surface area contributed by atoms with Crippen LogP contribution < -0.4 is 21.1 Å². The third-order valence-corrected chi connectivity index (χ3v) is 4.35. The number of carbonyl (C=O) groups excluding carboxylic acids is 3. The molecule has 0 saturated heterocycles. The predicted molar refractivity (Wildman–Crippen MR) is 100 cm³/mol. The molecule has 0 radical (unpaired) electrons. The molecule has 0 spiro atoms. The summed E-state index contributed by atoms with van der Waals surface area (Å²) in [6, 6.07) is 9.35. The highest BCUT2D eigenvalue weighted by Gasteiger charge is 2.25. The molecule has 0 aliphatic rings. The molecule has 7 nitrogen and oxygen atoms in total. The van der Waals surface area contributed by atoms with E-state index >= 15 is 0 Å². The highest BCUT2D eigenvalue weighted by molar-refractivity contribution is 7.12. The van der Waals surface area contributed by atoms with Gasteiger partial charge in [-0.15, -0.1) is 11.3 Å². The van der Waals surface area contributed by atoms with E-state index in [4.69, 9.17) is 10.5 Å². The first kappa shape index (κ1) is 19.5. The Kier molecular flexibility index (Phi) is 6.74. The quantitative estimate of drug-likeness (QED) is 0.655. The number of benzene rings is 1. The minimum absolute atomic E-state index is 0.0860. The van der Waals surface area contributed by atoms with E-state index in [1.54, 1.807) is 41.8 Å². The van der Waals surface area contributed by atoms with Crippen molar-refractivity contribution >= 4 is 34.7 Å². The molecular formula is C18H21N3O4S. The fourth-order valence-corrected chi connectivity index (χ4v) is 2.79. The normalized spacial score (nSPS) is 11.7. The monoisotopic (exact) mass is 375 g/mol. The molecule has 1 atom stereocenters. The number of rotatable bonds is 8. The number of nitrogens with two attached hydrogens (primary N) is 1. The largest absolute Gasteiger partial charge is 0.484 e. The Morgan fingerprint density at radius 3 is 2.38 bits per heavy atom. The molecule has 1 aromatic heterocycles. The highest BCUT2D eigenvalue weighted by Crippen LogP contribution is 2.17. The summed E-state index contributed by atoms with van der Waals surface area (Å²) < 4.78 is 5.16. The van der Waals surface area contributed by atoms with E-state index in [1.165, 1.54) is 11.3 Å². The van der Waals surface area contributed by atoms with E-state index in [2.05, 4.69) is 10.6 Å². The second-order valence-electron chi connectivity index (χ2n) is 5.94. The second-order valence-corrected chi connectivity index (χ2v) is 6.89. The number of primary amides is 1. The fraction of sp³-hybridized carbons (Fsp3) is 0.278. The molecule has 8 heteroatoms. The predicted octanol–water partition coefficient (Wildman–Crippen LogP) is 2.01. The summed E-state index contributed by atoms with van der Waals surface area (Å²) >= 11 is 1.32. The summed E-state index contributed by atoms with van der Waals surface area (Å²) in [5.74, 6) is -0.770. The number of hydrogen-bond donors (Lipinski definition) is 3. The summed E-state index contributed by atoms with van der Waals surface area (Å²) in [6.45, 7) is 3.51. The lowest BCUT2D eigenvalue weighted by Crippen LogP contribution is -2.46. The average molecular weight is 375 g/mol. The van der Waals surface area contributed by atoms with Crippen molar-refractivity contribution in [3.63, 3.8) is 0 Å². The molecular weight excluding hydrogens is 354 g/mol. The topological polar surface area (TPSA) is 111 Å². The van der Waals surface area contributed by atoms with Gasteiger partial charge in [0.25, 0.3) is 11.8 Å². The van der Waals surface area contributed by atoms with E-state index in [0.717, 1.165) is 0 Å². The van der Waals surface area contributed by atoms with Crippen LogP contribution in [0.2, 0.25) is 0 Å². The standard InChI is InChI=1S/C18H21N3O4S/c1-11(2)16(21-17(23)14-4-3-9-26-14)18(24)20-12-5-7-13(8-6-12)25-10-15(19)22/h3-9,11,16H,10H2,1-2H3,(H2,19,22)(H,20,24)(H,21,23). The van der Waals surface area contributed by atoms with Crippen LogP contribution in [-0.4, -0.2) is 30.4 Å². The molecule has 4 N–H and O–H groups in total. The Morgan fingerprint density at radius 1 is 1.15 bits per heavy atom. The third-order valence-electron chi connectivity index (χ3n) is 3.48. The van der Waals surface area contributed by atoms with Crippen LogP contribution in [0.5, 0.6) is 5.75 Å². The van der Waals surface area contributed by atoms with Gasteiger partial charge in [-0.05, 0) is 41.6 Å². The van der Waals surface area contributed by atoms with Gasteiger partial charge < -0.3 is 21.1 Å². The van der Waals surface area contributed by atoms with Crippen LogP contribution in [-0.2, 0) is 9.59 Å². The van der Waals surface area contributed by atoms with Crippen molar-refractivity contribution in [2.45, 2.75) is 19.9 Å². The van der Waals surface area contributed by atoms with Crippen LogP contribution in [0.1, 0.15) is 23.5 Å². The van der Waals surface area contributed by atoms with Gasteiger partial charge in [-0.3, -0.25) is 14.4 Å². The molecule has 0 saturated carbocycles. The molecule has 1 heterocycles. The number of thiophene rings is 1. The van der Waals surface area contributed by atoms with E-state index in [0.29, 0.717) is 16.3 Å². The Labute approximate surface area is 155 Å². The Bertz CT molecular complexity index is 757. The van der Waals surface area contributed by atoms with E-state index in [9.17, 15) is 14.4 Å². The number of anilines is 1. The SMILES string of the molecule is CC(C)C(NC(=O)c1cccs1)C(=O)Nc1ccc(OCC(N)=O)cc1. The molecule has 1 aromatic carbocycles. The zero-order valence-corrected chi connectivity index (χ0v) is 15.3. The fourth-order valence-electron chi connectivity index (χ4n) is 2.16.